The Kier molecular flexibility index (Phi) is 6.70. The van der Waals surface area contributed by atoms with Crippen molar-refractivity contribution in [2.24, 2.45) is 0 Å². The standard InChI is InChI=1S/C19H22N2O5S/c1-13-3-7-15(8-4-13)20-18(22)12-11-17(19(23)24)21-27(25,26)16-9-5-14(2)6-10-16/h3-10,17,21H,11-12H2,1-2H3,(H,20,22)(H,23,24)/t17-/m0/s1. The SMILES string of the molecule is Cc1ccc(NC(=O)CC[C@H](NS(=O)(=O)c2ccc(C)cc2)C(=O)O)cc1. The lowest BCUT2D eigenvalue weighted by molar-refractivity contribution is -0.139. The smallest absolute Gasteiger partial charge is 0.321 e. The molecule has 27 heavy (non-hydrogen) atoms. The van der Waals surface area contributed by atoms with Gasteiger partial charge in [-0.25, -0.2) is 8.42 Å². The molecule has 0 saturated carbocycles. The van der Waals surface area contributed by atoms with Gasteiger partial charge in [0.2, 0.25) is 15.9 Å². The van der Waals surface area contributed by atoms with E-state index in [1.807, 2.05) is 26.0 Å². The number of hydrogen-bond acceptors (Lipinski definition) is 4. The molecule has 0 aliphatic rings. The Morgan fingerprint density at radius 3 is 2.00 bits per heavy atom. The van der Waals surface area contributed by atoms with Gasteiger partial charge in [-0.3, -0.25) is 9.59 Å². The molecule has 0 aromatic heterocycles. The Hall–Kier alpha value is -2.71. The summed E-state index contributed by atoms with van der Waals surface area (Å²) in [5.41, 5.74) is 2.53. The number of benzene rings is 2. The van der Waals surface area contributed by atoms with E-state index < -0.39 is 22.0 Å². The lowest BCUT2D eigenvalue weighted by Gasteiger charge is -2.15. The second kappa shape index (κ2) is 8.79. The van der Waals surface area contributed by atoms with E-state index in [1.54, 1.807) is 24.3 Å². The number of sulfonamides is 1. The van der Waals surface area contributed by atoms with Gasteiger partial charge in [-0.2, -0.15) is 4.72 Å². The third-order valence-electron chi connectivity index (χ3n) is 3.92. The molecule has 0 aliphatic carbocycles. The van der Waals surface area contributed by atoms with Gasteiger partial charge in [0, 0.05) is 12.1 Å². The first kappa shape index (κ1) is 20.6. The highest BCUT2D eigenvalue weighted by molar-refractivity contribution is 7.89. The molecule has 7 nitrogen and oxygen atoms in total. The minimum absolute atomic E-state index is 0.0246. The molecule has 2 rings (SSSR count). The quantitative estimate of drug-likeness (QED) is 0.641. The van der Waals surface area contributed by atoms with Crippen LogP contribution in [0.3, 0.4) is 0 Å². The Morgan fingerprint density at radius 2 is 1.48 bits per heavy atom. The largest absolute Gasteiger partial charge is 0.480 e. The van der Waals surface area contributed by atoms with Crippen LogP contribution in [0.5, 0.6) is 0 Å². The van der Waals surface area contributed by atoms with E-state index in [1.165, 1.54) is 12.1 Å². The molecule has 1 atom stereocenters. The predicted octanol–water partition coefficient (Wildman–Crippen LogP) is 2.45. The maximum atomic E-state index is 12.4. The maximum absolute atomic E-state index is 12.4. The molecule has 0 heterocycles. The molecule has 0 fully saturated rings. The number of aryl methyl sites for hydroxylation is 2. The summed E-state index contributed by atoms with van der Waals surface area (Å²) in [6.45, 7) is 3.74. The molecule has 3 N–H and O–H groups in total. The zero-order valence-corrected chi connectivity index (χ0v) is 15.9. The van der Waals surface area contributed by atoms with E-state index in [-0.39, 0.29) is 23.6 Å². The van der Waals surface area contributed by atoms with E-state index >= 15 is 0 Å². The predicted molar refractivity (Wildman–Crippen MR) is 102 cm³/mol. The number of hydrogen-bond donors (Lipinski definition) is 3. The van der Waals surface area contributed by atoms with Crippen LogP contribution in [0, 0.1) is 13.8 Å². The van der Waals surface area contributed by atoms with Gasteiger partial charge in [0.1, 0.15) is 6.04 Å². The second-order valence-electron chi connectivity index (χ2n) is 6.28. The summed E-state index contributed by atoms with van der Waals surface area (Å²) in [6, 6.07) is 11.8. The van der Waals surface area contributed by atoms with Crippen LogP contribution in [0.15, 0.2) is 53.4 Å². The molecular formula is C19H22N2O5S. The van der Waals surface area contributed by atoms with Crippen molar-refractivity contribution in [1.82, 2.24) is 4.72 Å². The zero-order chi connectivity index (χ0) is 20.0. The van der Waals surface area contributed by atoms with Crippen LogP contribution in [0.2, 0.25) is 0 Å². The first-order valence-electron chi connectivity index (χ1n) is 8.36. The van der Waals surface area contributed by atoms with Crippen LogP contribution in [0.4, 0.5) is 5.69 Å². The van der Waals surface area contributed by atoms with Gasteiger partial charge in [-0.1, -0.05) is 35.4 Å². The van der Waals surface area contributed by atoms with Crippen molar-refractivity contribution in [2.45, 2.75) is 37.6 Å². The molecule has 0 aliphatic heterocycles. The monoisotopic (exact) mass is 390 g/mol. The van der Waals surface area contributed by atoms with Gasteiger partial charge in [-0.15, -0.1) is 0 Å². The molecule has 0 radical (unpaired) electrons. The van der Waals surface area contributed by atoms with Crippen molar-refractivity contribution in [3.05, 3.63) is 59.7 Å². The van der Waals surface area contributed by atoms with Crippen LogP contribution in [-0.4, -0.2) is 31.4 Å². The van der Waals surface area contributed by atoms with E-state index in [0.29, 0.717) is 5.69 Å². The van der Waals surface area contributed by atoms with Crippen molar-refractivity contribution < 1.29 is 23.1 Å². The van der Waals surface area contributed by atoms with Crippen molar-refractivity contribution in [1.29, 1.82) is 0 Å². The van der Waals surface area contributed by atoms with Crippen LogP contribution in [-0.2, 0) is 19.6 Å². The van der Waals surface area contributed by atoms with Crippen molar-refractivity contribution in [3.63, 3.8) is 0 Å². The van der Waals surface area contributed by atoms with Gasteiger partial charge in [0.05, 0.1) is 4.90 Å². The molecule has 0 unspecified atom stereocenters. The molecule has 0 saturated heterocycles. The summed E-state index contributed by atoms with van der Waals surface area (Å²) >= 11 is 0. The Bertz CT molecular complexity index is 906. The highest BCUT2D eigenvalue weighted by atomic mass is 32.2. The number of carbonyl (C=O) groups excluding carboxylic acids is 1. The molecule has 0 spiro atoms. The molecule has 8 heteroatoms. The van der Waals surface area contributed by atoms with E-state index in [0.717, 1.165) is 11.1 Å². The third-order valence-corrected chi connectivity index (χ3v) is 5.41. The second-order valence-corrected chi connectivity index (χ2v) is 7.99. The molecule has 2 aromatic carbocycles. The maximum Gasteiger partial charge on any atom is 0.321 e. The summed E-state index contributed by atoms with van der Waals surface area (Å²) in [4.78, 5) is 23.4. The van der Waals surface area contributed by atoms with Gasteiger partial charge < -0.3 is 10.4 Å². The fourth-order valence-electron chi connectivity index (χ4n) is 2.34. The molecule has 2 aromatic rings. The molecular weight excluding hydrogens is 368 g/mol. The number of anilines is 1. The highest BCUT2D eigenvalue weighted by Crippen LogP contribution is 2.13. The highest BCUT2D eigenvalue weighted by Gasteiger charge is 2.26. The van der Waals surface area contributed by atoms with Gasteiger partial charge in [0.25, 0.3) is 0 Å². The fourth-order valence-corrected chi connectivity index (χ4v) is 3.57. The Balaban J connectivity index is 1.98. The average Bonchev–Trinajstić information content (AvgIpc) is 2.60. The van der Waals surface area contributed by atoms with E-state index in [4.69, 9.17) is 0 Å². The van der Waals surface area contributed by atoms with Crippen molar-refractivity contribution >= 4 is 27.6 Å². The first-order valence-corrected chi connectivity index (χ1v) is 9.84. The summed E-state index contributed by atoms with van der Waals surface area (Å²) in [5, 5.41) is 12.0. The van der Waals surface area contributed by atoms with Crippen LogP contribution < -0.4 is 10.0 Å². The third kappa shape index (κ3) is 6.19. The number of nitrogens with one attached hydrogen (secondary N) is 2. The van der Waals surface area contributed by atoms with Gasteiger partial charge in [-0.05, 0) is 44.5 Å². The summed E-state index contributed by atoms with van der Waals surface area (Å²) in [6.07, 6.45) is -0.306. The minimum atomic E-state index is -4.00. The molecule has 1 amide bonds. The number of rotatable bonds is 8. The van der Waals surface area contributed by atoms with Gasteiger partial charge >= 0.3 is 5.97 Å². The number of amides is 1. The fraction of sp³-hybridized carbons (Fsp3) is 0.263. The summed E-state index contributed by atoms with van der Waals surface area (Å²) in [7, 11) is -4.00. The van der Waals surface area contributed by atoms with Crippen molar-refractivity contribution in [3.8, 4) is 0 Å². The van der Waals surface area contributed by atoms with Crippen LogP contribution >= 0.6 is 0 Å². The Labute approximate surface area is 158 Å². The Morgan fingerprint density at radius 1 is 0.963 bits per heavy atom. The van der Waals surface area contributed by atoms with Crippen LogP contribution in [0.1, 0.15) is 24.0 Å². The zero-order valence-electron chi connectivity index (χ0n) is 15.1. The molecule has 0 bridgehead atoms. The minimum Gasteiger partial charge on any atom is -0.480 e. The van der Waals surface area contributed by atoms with E-state index in [9.17, 15) is 23.1 Å². The summed E-state index contributed by atoms with van der Waals surface area (Å²) < 4.78 is 26.8. The number of carboxylic acid groups (broad SMARTS) is 1. The van der Waals surface area contributed by atoms with Gasteiger partial charge in [0.15, 0.2) is 0 Å². The number of carboxylic acids is 1. The van der Waals surface area contributed by atoms with Crippen molar-refractivity contribution in [2.75, 3.05) is 5.32 Å². The van der Waals surface area contributed by atoms with E-state index in [2.05, 4.69) is 10.0 Å². The summed E-state index contributed by atoms with van der Waals surface area (Å²) in [5.74, 6) is -1.73. The normalized spacial score (nSPS) is 12.4. The van der Waals surface area contributed by atoms with Crippen LogP contribution in [0.25, 0.3) is 0 Å². The average molecular weight is 390 g/mol. The number of aliphatic carboxylic acids is 1. The lowest BCUT2D eigenvalue weighted by atomic mass is 10.1. The topological polar surface area (TPSA) is 113 Å². The lowest BCUT2D eigenvalue weighted by Crippen LogP contribution is -2.41. The number of carbonyl (C=O) groups is 2. The first-order chi connectivity index (χ1) is 12.7. The molecule has 144 valence electrons.